The van der Waals surface area contributed by atoms with Crippen molar-refractivity contribution in [2.24, 2.45) is 5.92 Å². The molecule has 1 aromatic carbocycles. The molecule has 0 aliphatic heterocycles. The van der Waals surface area contributed by atoms with Gasteiger partial charge in [0, 0.05) is 11.6 Å². The van der Waals surface area contributed by atoms with Gasteiger partial charge < -0.3 is 19.3 Å². The second-order valence-electron chi connectivity index (χ2n) is 4.21. The molecular weight excluding hydrogens is 220 g/mol. The fraction of sp³-hybridized carbons (Fsp3) is 0.538. The standard InChI is InChI=1S/C13H18O4/c1-15-12-5-4-11(7-14)13(6-12)17-9-16-8-10-2-3-10/h4-6,10,14H,2-3,7-9H2,1H3. The van der Waals surface area contributed by atoms with Crippen molar-refractivity contribution in [3.63, 3.8) is 0 Å². The highest BCUT2D eigenvalue weighted by molar-refractivity contribution is 5.40. The van der Waals surface area contributed by atoms with Gasteiger partial charge in [-0.25, -0.2) is 0 Å². The third-order valence-electron chi connectivity index (χ3n) is 2.79. The first kappa shape index (κ1) is 12.2. The minimum atomic E-state index is -0.0536. The fourth-order valence-electron chi connectivity index (χ4n) is 1.53. The van der Waals surface area contributed by atoms with Crippen LogP contribution in [0.15, 0.2) is 18.2 Å². The number of benzene rings is 1. The zero-order chi connectivity index (χ0) is 12.1. The van der Waals surface area contributed by atoms with Crippen molar-refractivity contribution in [2.45, 2.75) is 19.4 Å². The van der Waals surface area contributed by atoms with E-state index in [4.69, 9.17) is 14.2 Å². The first-order chi connectivity index (χ1) is 8.33. The van der Waals surface area contributed by atoms with Crippen LogP contribution < -0.4 is 9.47 Å². The molecule has 0 radical (unpaired) electrons. The number of aliphatic hydroxyl groups is 1. The maximum Gasteiger partial charge on any atom is 0.189 e. The number of rotatable bonds is 7. The Bertz CT molecular complexity index is 360. The lowest BCUT2D eigenvalue weighted by Gasteiger charge is -2.11. The molecule has 2 rings (SSSR count). The van der Waals surface area contributed by atoms with Crippen molar-refractivity contribution in [2.75, 3.05) is 20.5 Å². The molecule has 17 heavy (non-hydrogen) atoms. The molecule has 0 saturated heterocycles. The summed E-state index contributed by atoms with van der Waals surface area (Å²) in [6.45, 7) is 0.928. The first-order valence-corrected chi connectivity index (χ1v) is 5.82. The average Bonchev–Trinajstić information content (AvgIpc) is 3.18. The van der Waals surface area contributed by atoms with E-state index in [9.17, 15) is 5.11 Å². The van der Waals surface area contributed by atoms with Crippen LogP contribution in [0.2, 0.25) is 0 Å². The van der Waals surface area contributed by atoms with Gasteiger partial charge in [-0.1, -0.05) is 0 Å². The Hall–Kier alpha value is -1.26. The molecule has 1 aromatic rings. The summed E-state index contributed by atoms with van der Waals surface area (Å²) in [5.74, 6) is 2.04. The Morgan fingerprint density at radius 2 is 2.18 bits per heavy atom. The van der Waals surface area contributed by atoms with Gasteiger partial charge in [0.05, 0.1) is 20.3 Å². The molecular formula is C13H18O4. The van der Waals surface area contributed by atoms with Gasteiger partial charge in [-0.05, 0) is 30.9 Å². The normalized spacial score (nSPS) is 14.7. The van der Waals surface area contributed by atoms with E-state index in [2.05, 4.69) is 0 Å². The molecule has 0 heterocycles. The molecule has 0 atom stereocenters. The van der Waals surface area contributed by atoms with Gasteiger partial charge in [0.1, 0.15) is 11.5 Å². The highest BCUT2D eigenvalue weighted by Crippen LogP contribution is 2.29. The van der Waals surface area contributed by atoms with Gasteiger partial charge in [-0.2, -0.15) is 0 Å². The number of methoxy groups -OCH3 is 1. The molecule has 1 aliphatic carbocycles. The predicted octanol–water partition coefficient (Wildman–Crippen LogP) is 1.95. The SMILES string of the molecule is COc1ccc(CO)c(OCOCC2CC2)c1. The fourth-order valence-corrected chi connectivity index (χ4v) is 1.53. The van der Waals surface area contributed by atoms with Crippen LogP contribution in [0.1, 0.15) is 18.4 Å². The minimum absolute atomic E-state index is 0.0536. The molecule has 0 bridgehead atoms. The number of hydrogen-bond donors (Lipinski definition) is 1. The molecule has 0 amide bonds. The predicted molar refractivity (Wildman–Crippen MR) is 63.1 cm³/mol. The second kappa shape index (κ2) is 5.89. The van der Waals surface area contributed by atoms with Crippen LogP contribution in [0, 0.1) is 5.92 Å². The van der Waals surface area contributed by atoms with E-state index in [0.717, 1.165) is 18.1 Å². The number of aliphatic hydroxyl groups excluding tert-OH is 1. The van der Waals surface area contributed by atoms with Crippen molar-refractivity contribution >= 4 is 0 Å². The molecule has 0 aromatic heterocycles. The Balaban J connectivity index is 1.87. The Morgan fingerprint density at radius 1 is 1.35 bits per heavy atom. The quantitative estimate of drug-likeness (QED) is 0.582. The first-order valence-electron chi connectivity index (χ1n) is 5.82. The Labute approximate surface area is 101 Å². The van der Waals surface area contributed by atoms with Crippen molar-refractivity contribution in [3.05, 3.63) is 23.8 Å². The topological polar surface area (TPSA) is 47.9 Å². The highest BCUT2D eigenvalue weighted by Gasteiger charge is 2.21. The molecule has 0 spiro atoms. The van der Waals surface area contributed by atoms with Crippen LogP contribution in [0.5, 0.6) is 11.5 Å². The summed E-state index contributed by atoms with van der Waals surface area (Å²) in [5.41, 5.74) is 0.737. The summed E-state index contributed by atoms with van der Waals surface area (Å²) in [6, 6.07) is 5.34. The van der Waals surface area contributed by atoms with Crippen LogP contribution in [-0.2, 0) is 11.3 Å². The summed E-state index contributed by atoms with van der Waals surface area (Å²) in [5, 5.41) is 9.18. The van der Waals surface area contributed by atoms with E-state index in [1.165, 1.54) is 12.8 Å². The summed E-state index contributed by atoms with van der Waals surface area (Å²) in [7, 11) is 1.60. The van der Waals surface area contributed by atoms with E-state index in [0.29, 0.717) is 11.5 Å². The lowest BCUT2D eigenvalue weighted by Crippen LogP contribution is -2.06. The van der Waals surface area contributed by atoms with Gasteiger partial charge in [0.2, 0.25) is 0 Å². The van der Waals surface area contributed by atoms with E-state index in [1.54, 1.807) is 25.3 Å². The van der Waals surface area contributed by atoms with Crippen LogP contribution >= 0.6 is 0 Å². The van der Waals surface area contributed by atoms with Gasteiger partial charge in [-0.15, -0.1) is 0 Å². The van der Waals surface area contributed by atoms with Crippen molar-refractivity contribution in [3.8, 4) is 11.5 Å². The number of hydrogen-bond acceptors (Lipinski definition) is 4. The van der Waals surface area contributed by atoms with Crippen LogP contribution in [0.25, 0.3) is 0 Å². The minimum Gasteiger partial charge on any atom is -0.497 e. The summed E-state index contributed by atoms with van der Waals surface area (Å²) < 4.78 is 16.0. The van der Waals surface area contributed by atoms with Crippen LogP contribution in [-0.4, -0.2) is 25.6 Å². The van der Waals surface area contributed by atoms with E-state index >= 15 is 0 Å². The zero-order valence-electron chi connectivity index (χ0n) is 10.0. The molecule has 1 fully saturated rings. The maximum atomic E-state index is 9.18. The molecule has 4 nitrogen and oxygen atoms in total. The van der Waals surface area contributed by atoms with E-state index < -0.39 is 0 Å². The molecule has 1 saturated carbocycles. The Morgan fingerprint density at radius 3 is 2.82 bits per heavy atom. The lowest BCUT2D eigenvalue weighted by molar-refractivity contribution is 0.00881. The van der Waals surface area contributed by atoms with Gasteiger partial charge >= 0.3 is 0 Å². The van der Waals surface area contributed by atoms with Gasteiger partial charge in [-0.3, -0.25) is 0 Å². The van der Waals surface area contributed by atoms with Crippen LogP contribution in [0.4, 0.5) is 0 Å². The third kappa shape index (κ3) is 3.61. The van der Waals surface area contributed by atoms with Gasteiger partial charge in [0.15, 0.2) is 6.79 Å². The molecule has 1 aliphatic rings. The van der Waals surface area contributed by atoms with Crippen LogP contribution in [0.3, 0.4) is 0 Å². The zero-order valence-corrected chi connectivity index (χ0v) is 10.0. The highest BCUT2D eigenvalue weighted by atomic mass is 16.7. The van der Waals surface area contributed by atoms with Crippen molar-refractivity contribution in [1.82, 2.24) is 0 Å². The summed E-state index contributed by atoms with van der Waals surface area (Å²) >= 11 is 0. The summed E-state index contributed by atoms with van der Waals surface area (Å²) in [4.78, 5) is 0. The molecule has 0 unspecified atom stereocenters. The molecule has 4 heteroatoms. The third-order valence-corrected chi connectivity index (χ3v) is 2.79. The summed E-state index contributed by atoms with van der Waals surface area (Å²) in [6.07, 6.45) is 2.53. The monoisotopic (exact) mass is 238 g/mol. The molecule has 94 valence electrons. The second-order valence-corrected chi connectivity index (χ2v) is 4.21. The molecule has 1 N–H and O–H groups in total. The average molecular weight is 238 g/mol. The van der Waals surface area contributed by atoms with E-state index in [-0.39, 0.29) is 13.4 Å². The van der Waals surface area contributed by atoms with Crippen molar-refractivity contribution in [1.29, 1.82) is 0 Å². The van der Waals surface area contributed by atoms with Gasteiger partial charge in [0.25, 0.3) is 0 Å². The van der Waals surface area contributed by atoms with Crippen molar-refractivity contribution < 1.29 is 19.3 Å². The Kier molecular flexibility index (Phi) is 4.23. The van der Waals surface area contributed by atoms with E-state index in [1.807, 2.05) is 0 Å². The smallest absolute Gasteiger partial charge is 0.189 e. The largest absolute Gasteiger partial charge is 0.497 e. The maximum absolute atomic E-state index is 9.18. The number of ether oxygens (including phenoxy) is 3. The lowest BCUT2D eigenvalue weighted by atomic mass is 10.2.